The van der Waals surface area contributed by atoms with Crippen LogP contribution in [0.25, 0.3) is 0 Å². The monoisotopic (exact) mass is 248 g/mol. The summed E-state index contributed by atoms with van der Waals surface area (Å²) in [6, 6.07) is 8.19. The molecule has 0 spiro atoms. The molecule has 1 aliphatic heterocycles. The SMILES string of the molecule is NC(=O)C1CN1C(=N\O)/C(=N/O)c1ccccc1. The molecule has 2 rings (SSSR count). The second kappa shape index (κ2) is 4.74. The molecule has 7 heteroatoms. The molecule has 1 fully saturated rings. The quantitative estimate of drug-likeness (QED) is 0.226. The van der Waals surface area contributed by atoms with Crippen molar-refractivity contribution in [3.8, 4) is 0 Å². The number of rotatable bonds is 3. The fourth-order valence-corrected chi connectivity index (χ4v) is 1.69. The van der Waals surface area contributed by atoms with E-state index < -0.39 is 11.9 Å². The summed E-state index contributed by atoms with van der Waals surface area (Å²) in [7, 11) is 0. The van der Waals surface area contributed by atoms with Gasteiger partial charge >= 0.3 is 0 Å². The first-order valence-corrected chi connectivity index (χ1v) is 5.25. The Morgan fingerprint density at radius 3 is 2.39 bits per heavy atom. The summed E-state index contributed by atoms with van der Waals surface area (Å²) in [4.78, 5) is 12.4. The Bertz CT molecular complexity index is 512. The average molecular weight is 248 g/mol. The van der Waals surface area contributed by atoms with Gasteiger partial charge in [0.2, 0.25) is 5.91 Å². The molecule has 4 N–H and O–H groups in total. The maximum atomic E-state index is 11.0. The van der Waals surface area contributed by atoms with Crippen LogP contribution in [0.5, 0.6) is 0 Å². The lowest BCUT2D eigenvalue weighted by molar-refractivity contribution is -0.117. The number of amides is 1. The van der Waals surface area contributed by atoms with Gasteiger partial charge in [-0.2, -0.15) is 0 Å². The van der Waals surface area contributed by atoms with E-state index in [0.717, 1.165) is 0 Å². The van der Waals surface area contributed by atoms with E-state index in [0.29, 0.717) is 12.1 Å². The van der Waals surface area contributed by atoms with Gasteiger partial charge in [0, 0.05) is 12.1 Å². The van der Waals surface area contributed by atoms with Crippen LogP contribution in [0.2, 0.25) is 0 Å². The third kappa shape index (κ3) is 2.10. The van der Waals surface area contributed by atoms with Gasteiger partial charge in [0.1, 0.15) is 6.04 Å². The Morgan fingerprint density at radius 1 is 1.28 bits per heavy atom. The van der Waals surface area contributed by atoms with Crippen LogP contribution in [0.15, 0.2) is 40.6 Å². The van der Waals surface area contributed by atoms with Gasteiger partial charge in [0.15, 0.2) is 11.5 Å². The predicted octanol–water partition coefficient (Wildman–Crippen LogP) is -0.178. The van der Waals surface area contributed by atoms with E-state index in [1.807, 2.05) is 0 Å². The molecule has 94 valence electrons. The van der Waals surface area contributed by atoms with Crippen molar-refractivity contribution in [3.63, 3.8) is 0 Å². The number of nitrogens with two attached hydrogens (primary N) is 1. The van der Waals surface area contributed by atoms with Crippen molar-refractivity contribution in [1.82, 2.24) is 4.90 Å². The number of oxime groups is 2. The fraction of sp³-hybridized carbons (Fsp3) is 0.182. The van der Waals surface area contributed by atoms with Crippen LogP contribution in [-0.4, -0.2) is 45.4 Å². The minimum atomic E-state index is -0.517. The lowest BCUT2D eigenvalue weighted by atomic mass is 10.1. The van der Waals surface area contributed by atoms with Gasteiger partial charge in [-0.3, -0.25) is 4.79 Å². The molecule has 0 saturated carbocycles. The van der Waals surface area contributed by atoms with Crippen molar-refractivity contribution in [3.05, 3.63) is 35.9 Å². The molecule has 1 unspecified atom stereocenters. The number of carbonyl (C=O) groups excluding carboxylic acids is 1. The van der Waals surface area contributed by atoms with Gasteiger partial charge < -0.3 is 21.0 Å². The number of carbonyl (C=O) groups is 1. The van der Waals surface area contributed by atoms with Crippen LogP contribution >= 0.6 is 0 Å². The summed E-state index contributed by atoms with van der Waals surface area (Å²) in [6.07, 6.45) is 0. The summed E-state index contributed by atoms with van der Waals surface area (Å²) in [5.74, 6) is -0.492. The van der Waals surface area contributed by atoms with Crippen LogP contribution in [0.1, 0.15) is 5.56 Å². The maximum Gasteiger partial charge on any atom is 0.242 e. The largest absolute Gasteiger partial charge is 0.410 e. The van der Waals surface area contributed by atoms with Crippen molar-refractivity contribution < 1.29 is 15.2 Å². The minimum absolute atomic E-state index is 0.0208. The summed E-state index contributed by atoms with van der Waals surface area (Å²) >= 11 is 0. The van der Waals surface area contributed by atoms with E-state index in [2.05, 4.69) is 10.3 Å². The zero-order valence-electron chi connectivity index (χ0n) is 9.39. The lowest BCUT2D eigenvalue weighted by Crippen LogP contribution is -2.30. The summed E-state index contributed by atoms with van der Waals surface area (Å²) in [5, 5.41) is 24.2. The van der Waals surface area contributed by atoms with Gasteiger partial charge in [0.05, 0.1) is 0 Å². The minimum Gasteiger partial charge on any atom is -0.410 e. The second-order valence-electron chi connectivity index (χ2n) is 3.81. The van der Waals surface area contributed by atoms with E-state index in [4.69, 9.17) is 16.1 Å². The van der Waals surface area contributed by atoms with E-state index in [9.17, 15) is 4.79 Å². The maximum absolute atomic E-state index is 11.0. The molecule has 18 heavy (non-hydrogen) atoms. The van der Waals surface area contributed by atoms with E-state index in [1.165, 1.54) is 4.90 Å². The van der Waals surface area contributed by atoms with Crippen molar-refractivity contribution in [2.45, 2.75) is 6.04 Å². The third-order valence-corrected chi connectivity index (χ3v) is 2.67. The van der Waals surface area contributed by atoms with E-state index in [-0.39, 0.29) is 11.5 Å². The first-order valence-electron chi connectivity index (χ1n) is 5.25. The highest BCUT2D eigenvalue weighted by Crippen LogP contribution is 2.20. The van der Waals surface area contributed by atoms with Crippen molar-refractivity contribution >= 4 is 17.5 Å². The van der Waals surface area contributed by atoms with Crippen LogP contribution < -0.4 is 5.73 Å². The summed E-state index contributed by atoms with van der Waals surface area (Å²) < 4.78 is 0. The molecule has 0 bridgehead atoms. The second-order valence-corrected chi connectivity index (χ2v) is 3.81. The molecule has 1 aromatic carbocycles. The normalized spacial score (nSPS) is 19.8. The molecule has 0 aromatic heterocycles. The Labute approximate surface area is 103 Å². The number of hydrogen-bond acceptors (Lipinski definition) is 5. The van der Waals surface area contributed by atoms with Crippen LogP contribution in [0, 0.1) is 0 Å². The van der Waals surface area contributed by atoms with Crippen LogP contribution in [0.4, 0.5) is 0 Å². The van der Waals surface area contributed by atoms with Gasteiger partial charge in [-0.15, -0.1) is 0 Å². The molecule has 7 nitrogen and oxygen atoms in total. The van der Waals surface area contributed by atoms with E-state index >= 15 is 0 Å². The highest BCUT2D eigenvalue weighted by atomic mass is 16.4. The summed E-state index contributed by atoms with van der Waals surface area (Å²) in [5.41, 5.74) is 5.80. The number of amidine groups is 1. The Morgan fingerprint density at radius 2 is 1.94 bits per heavy atom. The smallest absolute Gasteiger partial charge is 0.242 e. The number of nitrogens with zero attached hydrogens (tertiary/aromatic N) is 3. The molecule has 1 amide bonds. The van der Waals surface area contributed by atoms with Crippen molar-refractivity contribution in [1.29, 1.82) is 0 Å². The zero-order chi connectivity index (χ0) is 13.1. The highest BCUT2D eigenvalue weighted by molar-refractivity contribution is 6.48. The molecule has 0 aliphatic carbocycles. The standard InChI is InChI=1S/C11H12N4O3/c12-10(16)8-6-15(8)11(14-18)9(13-17)7-4-2-1-3-5-7/h1-5,8,17-18H,6H2,(H2,12,16)/b13-9+,14-11-. The summed E-state index contributed by atoms with van der Waals surface area (Å²) in [6.45, 7) is 0.348. The molecule has 1 aromatic rings. The predicted molar refractivity (Wildman–Crippen MR) is 63.7 cm³/mol. The van der Waals surface area contributed by atoms with Crippen LogP contribution in [-0.2, 0) is 4.79 Å². The van der Waals surface area contributed by atoms with Gasteiger partial charge in [-0.05, 0) is 0 Å². The topological polar surface area (TPSA) is 111 Å². The highest BCUT2D eigenvalue weighted by Gasteiger charge is 2.43. The fourth-order valence-electron chi connectivity index (χ4n) is 1.69. The van der Waals surface area contributed by atoms with Crippen molar-refractivity contribution in [2.75, 3.05) is 6.54 Å². The van der Waals surface area contributed by atoms with Crippen LogP contribution in [0.3, 0.4) is 0 Å². The number of primary amides is 1. The zero-order valence-corrected chi connectivity index (χ0v) is 9.39. The molecule has 0 radical (unpaired) electrons. The first kappa shape index (κ1) is 11.9. The third-order valence-electron chi connectivity index (χ3n) is 2.67. The Kier molecular flexibility index (Phi) is 3.13. The number of hydrogen-bond donors (Lipinski definition) is 3. The van der Waals surface area contributed by atoms with Gasteiger partial charge in [-0.25, -0.2) is 0 Å². The van der Waals surface area contributed by atoms with Gasteiger partial charge in [-0.1, -0.05) is 40.6 Å². The molecular formula is C11H12N4O3. The Hall–Kier alpha value is -2.57. The average Bonchev–Trinajstić information content (AvgIpc) is 3.17. The van der Waals surface area contributed by atoms with Crippen molar-refractivity contribution in [2.24, 2.45) is 16.0 Å². The first-order chi connectivity index (χ1) is 8.69. The molecular weight excluding hydrogens is 236 g/mol. The van der Waals surface area contributed by atoms with E-state index in [1.54, 1.807) is 30.3 Å². The molecule has 1 aliphatic rings. The molecule has 1 heterocycles. The number of benzene rings is 1. The Balaban J connectivity index is 2.26. The lowest BCUT2D eigenvalue weighted by Gasteiger charge is -2.08. The molecule has 1 atom stereocenters. The molecule has 1 saturated heterocycles. The van der Waals surface area contributed by atoms with Gasteiger partial charge in [0.25, 0.3) is 0 Å².